The average molecular weight is 469 g/mol. The van der Waals surface area contributed by atoms with E-state index < -0.39 is 15.9 Å². The zero-order valence-corrected chi connectivity index (χ0v) is 18.9. The molecule has 1 amide bonds. The molecule has 3 aromatic rings. The summed E-state index contributed by atoms with van der Waals surface area (Å²) >= 11 is 7.52. The first-order valence-electron chi connectivity index (χ1n) is 9.30. The summed E-state index contributed by atoms with van der Waals surface area (Å²) in [5, 5.41) is 5.16. The fourth-order valence-corrected chi connectivity index (χ4v) is 5.33. The number of carbonyl (C=O) groups is 1. The van der Waals surface area contributed by atoms with Crippen molar-refractivity contribution in [2.75, 3.05) is 18.4 Å². The molecular formula is C19H21ClN4O4S2. The quantitative estimate of drug-likeness (QED) is 0.547. The highest BCUT2D eigenvalue weighted by molar-refractivity contribution is 7.89. The zero-order valence-electron chi connectivity index (χ0n) is 16.5. The molecule has 160 valence electrons. The summed E-state index contributed by atoms with van der Waals surface area (Å²) in [6.07, 6.45) is 1.42. The lowest BCUT2D eigenvalue weighted by molar-refractivity contribution is -0.116. The lowest BCUT2D eigenvalue weighted by Gasteiger charge is -2.19. The zero-order chi connectivity index (χ0) is 21.9. The summed E-state index contributed by atoms with van der Waals surface area (Å²) in [6, 6.07) is 5.89. The van der Waals surface area contributed by atoms with Gasteiger partial charge >= 0.3 is 0 Å². The van der Waals surface area contributed by atoms with Crippen LogP contribution in [0.15, 0.2) is 45.7 Å². The van der Waals surface area contributed by atoms with Gasteiger partial charge in [-0.2, -0.15) is 4.31 Å². The van der Waals surface area contributed by atoms with Crippen molar-refractivity contribution in [1.29, 1.82) is 0 Å². The number of carbonyl (C=O) groups excluding carboxylic acids is 1. The van der Waals surface area contributed by atoms with Gasteiger partial charge in [0.25, 0.3) is 5.56 Å². The first-order valence-corrected chi connectivity index (χ1v) is 12.0. The average Bonchev–Trinajstić information content (AvgIpc) is 3.19. The minimum absolute atomic E-state index is 0.000577. The molecule has 0 saturated heterocycles. The Labute approximate surface area is 183 Å². The van der Waals surface area contributed by atoms with Crippen LogP contribution in [-0.2, 0) is 21.4 Å². The monoisotopic (exact) mass is 468 g/mol. The molecule has 30 heavy (non-hydrogen) atoms. The molecule has 2 aromatic heterocycles. The first-order chi connectivity index (χ1) is 14.3. The Kier molecular flexibility index (Phi) is 6.91. The molecule has 2 heterocycles. The highest BCUT2D eigenvalue weighted by atomic mass is 35.5. The molecule has 0 bridgehead atoms. The second kappa shape index (κ2) is 9.25. The van der Waals surface area contributed by atoms with Crippen LogP contribution >= 0.6 is 22.9 Å². The Morgan fingerprint density at radius 1 is 1.27 bits per heavy atom. The highest BCUT2D eigenvalue weighted by Crippen LogP contribution is 2.27. The van der Waals surface area contributed by atoms with Crippen LogP contribution in [0.2, 0.25) is 5.02 Å². The molecule has 0 atom stereocenters. The molecule has 0 aliphatic heterocycles. The molecular weight excluding hydrogens is 448 g/mol. The van der Waals surface area contributed by atoms with Crippen LogP contribution in [0.4, 0.5) is 5.69 Å². The Bertz CT molecular complexity index is 1230. The summed E-state index contributed by atoms with van der Waals surface area (Å²) in [5.41, 5.74) is -0.00643. The predicted octanol–water partition coefficient (Wildman–Crippen LogP) is 3.17. The molecule has 3 rings (SSSR count). The van der Waals surface area contributed by atoms with Gasteiger partial charge < -0.3 is 5.32 Å². The minimum atomic E-state index is -3.68. The van der Waals surface area contributed by atoms with Crippen LogP contribution < -0.4 is 10.9 Å². The second-order valence-corrected chi connectivity index (χ2v) is 9.65. The summed E-state index contributed by atoms with van der Waals surface area (Å²) in [7, 11) is -3.68. The minimum Gasteiger partial charge on any atom is -0.325 e. The van der Waals surface area contributed by atoms with E-state index in [4.69, 9.17) is 11.6 Å². The molecule has 8 nitrogen and oxygen atoms in total. The smallest absolute Gasteiger partial charge is 0.262 e. The van der Waals surface area contributed by atoms with Gasteiger partial charge in [-0.15, -0.1) is 11.3 Å². The van der Waals surface area contributed by atoms with Gasteiger partial charge in [-0.25, -0.2) is 13.4 Å². The van der Waals surface area contributed by atoms with Crippen LogP contribution in [0.25, 0.3) is 10.2 Å². The SMILES string of the molecule is CCN(CC)S(=O)(=O)c1ccc(Cl)c(NC(=O)CCn2cnc3sccc3c2=O)c1. The van der Waals surface area contributed by atoms with Gasteiger partial charge in [0, 0.05) is 26.1 Å². The van der Waals surface area contributed by atoms with E-state index in [1.54, 1.807) is 25.3 Å². The largest absolute Gasteiger partial charge is 0.325 e. The van der Waals surface area contributed by atoms with Gasteiger partial charge in [-0.3, -0.25) is 14.2 Å². The number of sulfonamides is 1. The van der Waals surface area contributed by atoms with Crippen molar-refractivity contribution in [2.45, 2.75) is 31.7 Å². The molecule has 0 aliphatic carbocycles. The highest BCUT2D eigenvalue weighted by Gasteiger charge is 2.22. The van der Waals surface area contributed by atoms with Gasteiger partial charge in [0.15, 0.2) is 0 Å². The number of rotatable bonds is 8. The standard InChI is InChI=1S/C19H21ClN4O4S2/c1-3-24(4-2)30(27,28)13-5-6-15(20)16(11-13)22-17(25)7-9-23-12-21-18-14(19(23)26)8-10-29-18/h5-6,8,10-12H,3-4,7,9H2,1-2H3,(H,22,25). The Morgan fingerprint density at radius 2 is 2.00 bits per heavy atom. The summed E-state index contributed by atoms with van der Waals surface area (Å²) < 4.78 is 28.1. The van der Waals surface area contributed by atoms with E-state index in [0.717, 1.165) is 0 Å². The Morgan fingerprint density at radius 3 is 2.70 bits per heavy atom. The van der Waals surface area contributed by atoms with E-state index in [-0.39, 0.29) is 34.1 Å². The second-order valence-electron chi connectivity index (χ2n) is 6.41. The number of anilines is 1. The molecule has 0 spiro atoms. The number of hydrogen-bond acceptors (Lipinski definition) is 6. The van der Waals surface area contributed by atoms with Gasteiger partial charge in [0.05, 0.1) is 27.3 Å². The third kappa shape index (κ3) is 4.56. The van der Waals surface area contributed by atoms with Gasteiger partial charge in [0.1, 0.15) is 4.83 Å². The Balaban J connectivity index is 1.74. The maximum absolute atomic E-state index is 12.7. The third-order valence-electron chi connectivity index (χ3n) is 4.59. The van der Waals surface area contributed by atoms with E-state index in [1.807, 2.05) is 0 Å². The topological polar surface area (TPSA) is 101 Å². The molecule has 0 radical (unpaired) electrons. The summed E-state index contributed by atoms with van der Waals surface area (Å²) in [5.74, 6) is -0.397. The van der Waals surface area contributed by atoms with Crippen molar-refractivity contribution < 1.29 is 13.2 Å². The fraction of sp³-hybridized carbons (Fsp3) is 0.316. The van der Waals surface area contributed by atoms with E-state index >= 15 is 0 Å². The number of halogens is 1. The maximum Gasteiger partial charge on any atom is 0.262 e. The molecule has 0 fully saturated rings. The number of fused-ring (bicyclic) bond motifs is 1. The normalized spacial score (nSPS) is 11.9. The van der Waals surface area contributed by atoms with Crippen LogP contribution in [0, 0.1) is 0 Å². The number of hydrogen-bond donors (Lipinski definition) is 1. The van der Waals surface area contributed by atoms with Crippen LogP contribution in [0.3, 0.4) is 0 Å². The molecule has 1 N–H and O–H groups in total. The van der Waals surface area contributed by atoms with Gasteiger partial charge in [-0.05, 0) is 29.6 Å². The number of aromatic nitrogens is 2. The van der Waals surface area contributed by atoms with E-state index in [0.29, 0.717) is 23.3 Å². The predicted molar refractivity (Wildman–Crippen MR) is 119 cm³/mol. The summed E-state index contributed by atoms with van der Waals surface area (Å²) in [4.78, 5) is 29.7. The van der Waals surface area contributed by atoms with Crippen molar-refractivity contribution in [2.24, 2.45) is 0 Å². The Hall–Kier alpha value is -2.27. The number of nitrogens with one attached hydrogen (secondary N) is 1. The first kappa shape index (κ1) is 22.4. The molecule has 0 unspecified atom stereocenters. The van der Waals surface area contributed by atoms with E-state index in [9.17, 15) is 18.0 Å². The van der Waals surface area contributed by atoms with E-state index in [1.165, 1.54) is 44.7 Å². The number of amides is 1. The maximum atomic E-state index is 12.7. The number of benzene rings is 1. The third-order valence-corrected chi connectivity index (χ3v) is 7.78. The van der Waals surface area contributed by atoms with Crippen LogP contribution in [0.5, 0.6) is 0 Å². The number of thiophene rings is 1. The van der Waals surface area contributed by atoms with Crippen molar-refractivity contribution in [3.05, 3.63) is 51.3 Å². The lowest BCUT2D eigenvalue weighted by Crippen LogP contribution is -2.30. The lowest BCUT2D eigenvalue weighted by atomic mass is 10.3. The molecule has 0 aliphatic rings. The summed E-state index contributed by atoms with van der Waals surface area (Å²) in [6.45, 7) is 4.31. The van der Waals surface area contributed by atoms with Crippen molar-refractivity contribution >= 4 is 54.8 Å². The van der Waals surface area contributed by atoms with Crippen molar-refractivity contribution in [1.82, 2.24) is 13.9 Å². The molecule has 1 aromatic carbocycles. The van der Waals surface area contributed by atoms with Crippen LogP contribution in [0.1, 0.15) is 20.3 Å². The van der Waals surface area contributed by atoms with Gasteiger partial charge in [0.2, 0.25) is 15.9 Å². The van der Waals surface area contributed by atoms with Crippen molar-refractivity contribution in [3.8, 4) is 0 Å². The van der Waals surface area contributed by atoms with Crippen molar-refractivity contribution in [3.63, 3.8) is 0 Å². The van der Waals surface area contributed by atoms with Gasteiger partial charge in [-0.1, -0.05) is 25.4 Å². The number of nitrogens with zero attached hydrogens (tertiary/aromatic N) is 3. The molecule has 0 saturated carbocycles. The van der Waals surface area contributed by atoms with Crippen LogP contribution in [-0.4, -0.2) is 41.3 Å². The molecule has 11 heteroatoms. The fourth-order valence-electron chi connectivity index (χ4n) is 2.96. The number of aryl methyl sites for hydroxylation is 1. The van der Waals surface area contributed by atoms with E-state index in [2.05, 4.69) is 10.3 Å².